The molecular formula is C2H4NaO6. The van der Waals surface area contributed by atoms with Crippen molar-refractivity contribution in [2.75, 3.05) is 0 Å². The van der Waals surface area contributed by atoms with Crippen molar-refractivity contribution >= 4 is 41.9 Å². The molecule has 0 saturated heterocycles. The molecule has 0 saturated carbocycles. The Morgan fingerprint density at radius 1 is 0.778 bits per heavy atom. The van der Waals surface area contributed by atoms with Crippen LogP contribution in [0.25, 0.3) is 0 Å². The number of rotatable bonds is 0. The van der Waals surface area contributed by atoms with Crippen molar-refractivity contribution in [2.45, 2.75) is 0 Å². The number of hydrogen-bond donors (Lipinski definition) is 4. The van der Waals surface area contributed by atoms with Crippen LogP contribution in [0.3, 0.4) is 0 Å². The van der Waals surface area contributed by atoms with Crippen LogP contribution in [0.2, 0.25) is 0 Å². The van der Waals surface area contributed by atoms with Gasteiger partial charge in [-0.2, -0.15) is 0 Å². The fourth-order valence-electron chi connectivity index (χ4n) is 0. The zero-order valence-corrected chi connectivity index (χ0v) is 6.61. The number of hydrogen-bond acceptors (Lipinski definition) is 2. The van der Waals surface area contributed by atoms with E-state index in [-0.39, 0.29) is 29.6 Å². The smallest absolute Gasteiger partial charge is 0.450 e. The second-order valence-electron chi connectivity index (χ2n) is 0.565. The molecule has 0 aromatic rings. The molecule has 0 aromatic carbocycles. The second-order valence-corrected chi connectivity index (χ2v) is 0.565. The molecule has 7 heteroatoms. The Morgan fingerprint density at radius 3 is 0.778 bits per heavy atom. The van der Waals surface area contributed by atoms with E-state index < -0.39 is 12.3 Å². The van der Waals surface area contributed by atoms with Crippen LogP contribution < -0.4 is 0 Å². The third-order valence-corrected chi connectivity index (χ3v) is 0. The van der Waals surface area contributed by atoms with Crippen LogP contribution in [0, 0.1) is 0 Å². The van der Waals surface area contributed by atoms with Gasteiger partial charge in [0, 0.05) is 29.6 Å². The van der Waals surface area contributed by atoms with Crippen LogP contribution in [0.5, 0.6) is 0 Å². The third kappa shape index (κ3) is 1090. The van der Waals surface area contributed by atoms with Gasteiger partial charge in [-0.15, -0.1) is 0 Å². The molecule has 49 valence electrons. The first-order valence-electron chi connectivity index (χ1n) is 1.30. The Bertz CT molecular complexity index is 69.1. The van der Waals surface area contributed by atoms with Crippen LogP contribution in [0.4, 0.5) is 9.59 Å². The van der Waals surface area contributed by atoms with E-state index in [2.05, 4.69) is 0 Å². The van der Waals surface area contributed by atoms with Gasteiger partial charge in [0.25, 0.3) is 0 Å². The summed E-state index contributed by atoms with van der Waals surface area (Å²) < 4.78 is 0. The molecule has 0 aliphatic rings. The molecule has 0 aliphatic carbocycles. The summed E-state index contributed by atoms with van der Waals surface area (Å²) in [6, 6.07) is 0. The predicted octanol–water partition coefficient (Wildman–Crippen LogP) is 0.0640. The van der Waals surface area contributed by atoms with E-state index in [0.717, 1.165) is 0 Å². The third-order valence-electron chi connectivity index (χ3n) is 0. The first kappa shape index (κ1) is 15.8. The quantitative estimate of drug-likeness (QED) is 0.360. The molecule has 0 atom stereocenters. The Kier molecular flexibility index (Phi) is 18.5. The van der Waals surface area contributed by atoms with Crippen molar-refractivity contribution in [2.24, 2.45) is 0 Å². The van der Waals surface area contributed by atoms with Crippen molar-refractivity contribution in [3.8, 4) is 0 Å². The van der Waals surface area contributed by atoms with Crippen molar-refractivity contribution in [1.29, 1.82) is 0 Å². The molecule has 0 fully saturated rings. The summed E-state index contributed by atoms with van der Waals surface area (Å²) in [4.78, 5) is 17.1. The van der Waals surface area contributed by atoms with Gasteiger partial charge in [-0.25, -0.2) is 9.59 Å². The van der Waals surface area contributed by atoms with Crippen LogP contribution >= 0.6 is 0 Å². The van der Waals surface area contributed by atoms with Crippen LogP contribution in [-0.2, 0) is 0 Å². The van der Waals surface area contributed by atoms with Gasteiger partial charge in [0.05, 0.1) is 0 Å². The fraction of sp³-hybridized carbons (Fsp3) is 0. The van der Waals surface area contributed by atoms with Gasteiger partial charge in [0.2, 0.25) is 0 Å². The predicted molar refractivity (Wildman–Crippen MR) is 27.1 cm³/mol. The van der Waals surface area contributed by atoms with Crippen molar-refractivity contribution in [1.82, 2.24) is 0 Å². The van der Waals surface area contributed by atoms with Gasteiger partial charge in [0.15, 0.2) is 0 Å². The minimum atomic E-state index is -1.83. The van der Waals surface area contributed by atoms with E-state index in [9.17, 15) is 0 Å². The molecule has 0 spiro atoms. The topological polar surface area (TPSA) is 115 Å². The summed E-state index contributed by atoms with van der Waals surface area (Å²) in [6.07, 6.45) is -3.67. The molecule has 9 heavy (non-hydrogen) atoms. The molecule has 4 N–H and O–H groups in total. The maximum Gasteiger partial charge on any atom is 0.503 e. The molecule has 0 aliphatic heterocycles. The van der Waals surface area contributed by atoms with Crippen molar-refractivity contribution in [3.63, 3.8) is 0 Å². The zero-order valence-electron chi connectivity index (χ0n) is 4.61. The van der Waals surface area contributed by atoms with Gasteiger partial charge < -0.3 is 20.4 Å². The van der Waals surface area contributed by atoms with E-state index in [0.29, 0.717) is 0 Å². The molecule has 0 rings (SSSR count). The van der Waals surface area contributed by atoms with Crippen LogP contribution in [-0.4, -0.2) is 62.3 Å². The SMILES string of the molecule is O=C(O)O.O=C(O)O.[Na]. The maximum absolute atomic E-state index is 8.56. The normalized spacial score (nSPS) is 5.33. The Hall–Kier alpha value is -0.460. The molecule has 0 bridgehead atoms. The zero-order chi connectivity index (χ0) is 7.15. The monoisotopic (exact) mass is 147 g/mol. The Labute approximate surface area is 72.0 Å². The maximum atomic E-state index is 8.56. The summed E-state index contributed by atoms with van der Waals surface area (Å²) in [7, 11) is 0. The molecule has 0 unspecified atom stereocenters. The first-order valence-corrected chi connectivity index (χ1v) is 1.30. The van der Waals surface area contributed by atoms with Crippen molar-refractivity contribution in [3.05, 3.63) is 0 Å². The summed E-state index contributed by atoms with van der Waals surface area (Å²) in [6.45, 7) is 0. The minimum Gasteiger partial charge on any atom is -0.450 e. The summed E-state index contributed by atoms with van der Waals surface area (Å²) in [5, 5.41) is 27.9. The Balaban J connectivity index is -0.0000000720. The second kappa shape index (κ2) is 10.5. The van der Waals surface area contributed by atoms with E-state index in [4.69, 9.17) is 30.0 Å². The average Bonchev–Trinajstić information content (AvgIpc) is 1.25. The van der Waals surface area contributed by atoms with Gasteiger partial charge in [-0.3, -0.25) is 0 Å². The number of carbonyl (C=O) groups is 2. The standard InChI is InChI=1S/2CH2O3.Na/c2*2-1(3)4;/h2*(H2,2,3,4);. The van der Waals surface area contributed by atoms with Gasteiger partial charge in [-0.1, -0.05) is 0 Å². The minimum absolute atomic E-state index is 0. The average molecular weight is 147 g/mol. The summed E-state index contributed by atoms with van der Waals surface area (Å²) >= 11 is 0. The molecule has 0 aromatic heterocycles. The Morgan fingerprint density at radius 2 is 0.778 bits per heavy atom. The molecular weight excluding hydrogens is 143 g/mol. The fourth-order valence-corrected chi connectivity index (χ4v) is 0. The first-order chi connectivity index (χ1) is 3.46. The van der Waals surface area contributed by atoms with Gasteiger partial charge in [-0.05, 0) is 0 Å². The summed E-state index contributed by atoms with van der Waals surface area (Å²) in [5.74, 6) is 0. The largest absolute Gasteiger partial charge is 0.503 e. The van der Waals surface area contributed by atoms with E-state index in [1.165, 1.54) is 0 Å². The molecule has 0 heterocycles. The molecule has 0 amide bonds. The van der Waals surface area contributed by atoms with E-state index >= 15 is 0 Å². The molecule has 1 radical (unpaired) electrons. The van der Waals surface area contributed by atoms with Crippen molar-refractivity contribution < 1.29 is 30.0 Å². The van der Waals surface area contributed by atoms with Crippen LogP contribution in [0.15, 0.2) is 0 Å². The van der Waals surface area contributed by atoms with E-state index in [1.54, 1.807) is 0 Å². The number of carboxylic acid groups (broad SMARTS) is 4. The van der Waals surface area contributed by atoms with Gasteiger partial charge >= 0.3 is 12.3 Å². The van der Waals surface area contributed by atoms with Crippen LogP contribution in [0.1, 0.15) is 0 Å². The molecule has 6 nitrogen and oxygen atoms in total. The summed E-state index contributed by atoms with van der Waals surface area (Å²) in [5.41, 5.74) is 0. The van der Waals surface area contributed by atoms with Gasteiger partial charge in [0.1, 0.15) is 0 Å². The van der Waals surface area contributed by atoms with E-state index in [1.807, 2.05) is 0 Å².